The van der Waals surface area contributed by atoms with Gasteiger partial charge in [0.05, 0.1) is 18.4 Å². The van der Waals surface area contributed by atoms with Crippen LogP contribution < -0.4 is 10.1 Å². The molecule has 1 saturated heterocycles. The number of hydrogen-bond acceptors (Lipinski definition) is 5. The topological polar surface area (TPSA) is 57.7 Å². The Balaban J connectivity index is 1.72. The van der Waals surface area contributed by atoms with Crippen molar-refractivity contribution in [2.24, 2.45) is 0 Å². The summed E-state index contributed by atoms with van der Waals surface area (Å²) < 4.78 is 5.36. The molecule has 1 aromatic heterocycles. The number of aryl methyl sites for hydroxylation is 1. The Bertz CT molecular complexity index is 787. The molecule has 1 aliphatic heterocycles. The molecule has 1 fully saturated rings. The van der Waals surface area contributed by atoms with Crippen LogP contribution >= 0.6 is 11.6 Å². The van der Waals surface area contributed by atoms with Crippen molar-refractivity contribution in [3.8, 4) is 5.75 Å². The zero-order chi connectivity index (χ0) is 18.7. The van der Waals surface area contributed by atoms with Crippen molar-refractivity contribution in [3.63, 3.8) is 0 Å². The number of carbonyl (C=O) groups excluding carboxylic acids is 1. The van der Waals surface area contributed by atoms with Gasteiger partial charge in [-0.1, -0.05) is 11.6 Å². The summed E-state index contributed by atoms with van der Waals surface area (Å²) in [6, 6.07) is 7.27. The molecule has 1 amide bonds. The van der Waals surface area contributed by atoms with Crippen LogP contribution in [0.2, 0.25) is 5.02 Å². The molecule has 1 aromatic carbocycles. The fourth-order valence-electron chi connectivity index (χ4n) is 2.85. The number of pyridine rings is 1. The molecule has 7 heteroatoms. The predicted molar refractivity (Wildman–Crippen MR) is 104 cm³/mol. The van der Waals surface area contributed by atoms with E-state index in [1.165, 1.54) is 0 Å². The first-order valence-corrected chi connectivity index (χ1v) is 8.91. The molecular formula is C19H23ClN4O2. The van der Waals surface area contributed by atoms with Crippen molar-refractivity contribution < 1.29 is 9.53 Å². The van der Waals surface area contributed by atoms with E-state index >= 15 is 0 Å². The third-order valence-corrected chi connectivity index (χ3v) is 4.95. The number of carbonyl (C=O) groups is 1. The molecule has 0 radical (unpaired) electrons. The van der Waals surface area contributed by atoms with Crippen LogP contribution in [0.1, 0.15) is 15.9 Å². The Kier molecular flexibility index (Phi) is 5.64. The smallest absolute Gasteiger partial charge is 0.255 e. The first kappa shape index (κ1) is 18.5. The highest BCUT2D eigenvalue weighted by molar-refractivity contribution is 6.31. The number of nitrogens with one attached hydrogen (secondary N) is 1. The van der Waals surface area contributed by atoms with Crippen LogP contribution in [0.3, 0.4) is 0 Å². The van der Waals surface area contributed by atoms with Crippen LogP contribution in [0, 0.1) is 6.92 Å². The maximum atomic E-state index is 12.6. The van der Waals surface area contributed by atoms with Gasteiger partial charge in [-0.15, -0.1) is 0 Å². The lowest BCUT2D eigenvalue weighted by atomic mass is 10.2. The van der Waals surface area contributed by atoms with Crippen LogP contribution in [0.15, 0.2) is 30.5 Å². The van der Waals surface area contributed by atoms with E-state index in [4.69, 9.17) is 16.3 Å². The Hall–Kier alpha value is -2.31. The van der Waals surface area contributed by atoms with Crippen molar-refractivity contribution in [2.45, 2.75) is 6.92 Å². The number of anilines is 2. The summed E-state index contributed by atoms with van der Waals surface area (Å²) in [6.45, 7) is 5.22. The molecule has 0 atom stereocenters. The van der Waals surface area contributed by atoms with Crippen molar-refractivity contribution >= 4 is 29.0 Å². The van der Waals surface area contributed by atoms with Gasteiger partial charge in [0.2, 0.25) is 0 Å². The molecule has 0 unspecified atom stereocenters. The van der Waals surface area contributed by atoms with Gasteiger partial charge in [0.25, 0.3) is 5.91 Å². The molecule has 0 saturated carbocycles. The molecule has 0 spiro atoms. The molecule has 1 N–H and O–H groups in total. The number of benzene rings is 1. The molecular weight excluding hydrogens is 352 g/mol. The number of rotatable bonds is 4. The van der Waals surface area contributed by atoms with Gasteiger partial charge >= 0.3 is 0 Å². The van der Waals surface area contributed by atoms with E-state index < -0.39 is 0 Å². The average molecular weight is 375 g/mol. The first-order valence-electron chi connectivity index (χ1n) is 8.53. The Morgan fingerprint density at radius 1 is 1.23 bits per heavy atom. The summed E-state index contributed by atoms with van der Waals surface area (Å²) in [5.74, 6) is 1.30. The SMILES string of the molecule is COc1cc(Cl)c(C)cc1Nc1ccc(C(=O)N2CCN(C)CC2)cn1. The fourth-order valence-corrected chi connectivity index (χ4v) is 3.01. The third-order valence-electron chi connectivity index (χ3n) is 4.54. The summed E-state index contributed by atoms with van der Waals surface area (Å²) in [5, 5.41) is 3.86. The molecule has 2 aromatic rings. The maximum absolute atomic E-state index is 12.6. The Labute approximate surface area is 158 Å². The molecule has 1 aliphatic rings. The zero-order valence-electron chi connectivity index (χ0n) is 15.3. The standard InChI is InChI=1S/C19H23ClN4O2/c1-13-10-16(17(26-3)11-15(13)20)22-18-5-4-14(12-21-18)19(25)24-8-6-23(2)7-9-24/h4-5,10-12H,6-9H2,1-3H3,(H,21,22). The number of aromatic nitrogens is 1. The van der Waals surface area contributed by atoms with E-state index in [1.54, 1.807) is 31.5 Å². The monoisotopic (exact) mass is 374 g/mol. The van der Waals surface area contributed by atoms with E-state index in [0.29, 0.717) is 22.2 Å². The maximum Gasteiger partial charge on any atom is 0.255 e. The lowest BCUT2D eigenvalue weighted by molar-refractivity contribution is 0.0663. The molecule has 2 heterocycles. The molecule has 0 bridgehead atoms. The fraction of sp³-hybridized carbons (Fsp3) is 0.368. The number of hydrogen-bond donors (Lipinski definition) is 1. The minimum absolute atomic E-state index is 0.0251. The van der Waals surface area contributed by atoms with E-state index in [1.807, 2.05) is 17.9 Å². The molecule has 6 nitrogen and oxygen atoms in total. The minimum atomic E-state index is 0.0251. The van der Waals surface area contributed by atoms with Crippen LogP contribution in [-0.2, 0) is 0 Å². The second-order valence-electron chi connectivity index (χ2n) is 6.45. The summed E-state index contributed by atoms with van der Waals surface area (Å²) in [6.07, 6.45) is 1.61. The minimum Gasteiger partial charge on any atom is -0.495 e. The Morgan fingerprint density at radius 3 is 2.58 bits per heavy atom. The van der Waals surface area contributed by atoms with Crippen molar-refractivity contribution in [3.05, 3.63) is 46.6 Å². The highest BCUT2D eigenvalue weighted by Gasteiger charge is 2.20. The van der Waals surface area contributed by atoms with Crippen LogP contribution in [0.5, 0.6) is 5.75 Å². The van der Waals surface area contributed by atoms with Crippen molar-refractivity contribution in [1.29, 1.82) is 0 Å². The molecule has 0 aliphatic carbocycles. The lowest BCUT2D eigenvalue weighted by Gasteiger charge is -2.32. The second kappa shape index (κ2) is 7.93. The number of amides is 1. The van der Waals surface area contributed by atoms with E-state index in [9.17, 15) is 4.79 Å². The predicted octanol–water partition coefficient (Wildman–Crippen LogP) is 3.18. The van der Waals surface area contributed by atoms with Crippen molar-refractivity contribution in [1.82, 2.24) is 14.8 Å². The average Bonchev–Trinajstić information content (AvgIpc) is 2.65. The number of likely N-dealkylation sites (N-methyl/N-ethyl adjacent to an activating group) is 1. The van der Waals surface area contributed by atoms with Gasteiger partial charge in [-0.3, -0.25) is 4.79 Å². The largest absolute Gasteiger partial charge is 0.495 e. The summed E-state index contributed by atoms with van der Waals surface area (Å²) in [4.78, 5) is 21.0. The number of nitrogens with zero attached hydrogens (tertiary/aromatic N) is 3. The van der Waals surface area contributed by atoms with Gasteiger partial charge in [-0.25, -0.2) is 4.98 Å². The van der Waals surface area contributed by atoms with E-state index in [2.05, 4.69) is 22.2 Å². The van der Waals surface area contributed by atoms with Crippen LogP contribution in [-0.4, -0.2) is 61.0 Å². The van der Waals surface area contributed by atoms with E-state index in [0.717, 1.165) is 37.4 Å². The van der Waals surface area contributed by atoms with Crippen molar-refractivity contribution in [2.75, 3.05) is 45.7 Å². The third kappa shape index (κ3) is 4.08. The summed E-state index contributed by atoms with van der Waals surface area (Å²) in [7, 11) is 3.66. The molecule has 26 heavy (non-hydrogen) atoms. The summed E-state index contributed by atoms with van der Waals surface area (Å²) in [5.41, 5.74) is 2.32. The lowest BCUT2D eigenvalue weighted by Crippen LogP contribution is -2.47. The highest BCUT2D eigenvalue weighted by Crippen LogP contribution is 2.32. The second-order valence-corrected chi connectivity index (χ2v) is 6.86. The highest BCUT2D eigenvalue weighted by atomic mass is 35.5. The number of piperazine rings is 1. The molecule has 3 rings (SSSR count). The van der Waals surface area contributed by atoms with Gasteiger partial charge in [0.1, 0.15) is 11.6 Å². The normalized spacial score (nSPS) is 15.0. The van der Waals surface area contributed by atoms with Gasteiger partial charge in [-0.2, -0.15) is 0 Å². The number of halogens is 1. The van der Waals surface area contributed by atoms with Crippen LogP contribution in [0.25, 0.3) is 0 Å². The summed E-state index contributed by atoms with van der Waals surface area (Å²) >= 11 is 6.14. The van der Waals surface area contributed by atoms with Crippen LogP contribution in [0.4, 0.5) is 11.5 Å². The quantitative estimate of drug-likeness (QED) is 0.890. The number of methoxy groups -OCH3 is 1. The van der Waals surface area contributed by atoms with Gasteiger partial charge in [-0.05, 0) is 37.7 Å². The van der Waals surface area contributed by atoms with Gasteiger partial charge in [0, 0.05) is 43.5 Å². The van der Waals surface area contributed by atoms with E-state index in [-0.39, 0.29) is 5.91 Å². The van der Waals surface area contributed by atoms with Gasteiger partial charge in [0.15, 0.2) is 0 Å². The zero-order valence-corrected chi connectivity index (χ0v) is 16.0. The molecule has 138 valence electrons. The number of ether oxygens (including phenoxy) is 1. The Morgan fingerprint density at radius 2 is 1.96 bits per heavy atom. The van der Waals surface area contributed by atoms with Gasteiger partial charge < -0.3 is 19.9 Å². The first-order chi connectivity index (χ1) is 12.5.